The van der Waals surface area contributed by atoms with E-state index in [-0.39, 0.29) is 16.9 Å². The second kappa shape index (κ2) is 5.59. The van der Waals surface area contributed by atoms with Crippen molar-refractivity contribution in [2.75, 3.05) is 0 Å². The van der Waals surface area contributed by atoms with Crippen LogP contribution in [0.2, 0.25) is 0 Å². The molecule has 4 heteroatoms. The number of carboxylic acids is 1. The van der Waals surface area contributed by atoms with E-state index in [1.807, 2.05) is 0 Å². The number of benzene rings is 2. The summed E-state index contributed by atoms with van der Waals surface area (Å²) in [5.41, 5.74) is 3.47. The molecule has 1 heterocycles. The lowest BCUT2D eigenvalue weighted by Crippen LogP contribution is -2.10. The minimum absolute atomic E-state index is 0.0935. The number of carboxylic acid groups (broad SMARTS) is 1. The van der Waals surface area contributed by atoms with E-state index in [9.17, 15) is 9.59 Å². The van der Waals surface area contributed by atoms with E-state index in [0.29, 0.717) is 22.5 Å². The van der Waals surface area contributed by atoms with E-state index in [4.69, 9.17) is 9.52 Å². The SMILES string of the molecule is Cc1cccc(C2CC2c2oc3ccc(C(=O)O)cc3c(=O)c2C)c1. The highest BCUT2D eigenvalue weighted by Gasteiger charge is 2.43. The minimum Gasteiger partial charge on any atom is -0.478 e. The van der Waals surface area contributed by atoms with Gasteiger partial charge < -0.3 is 9.52 Å². The minimum atomic E-state index is -1.05. The number of hydrogen-bond donors (Lipinski definition) is 1. The lowest BCUT2D eigenvalue weighted by Gasteiger charge is -2.08. The third-order valence-corrected chi connectivity index (χ3v) is 5.00. The Balaban J connectivity index is 1.77. The summed E-state index contributed by atoms with van der Waals surface area (Å²) in [4.78, 5) is 23.8. The highest BCUT2D eigenvalue weighted by molar-refractivity contribution is 5.92. The van der Waals surface area contributed by atoms with Gasteiger partial charge in [0, 0.05) is 11.5 Å². The van der Waals surface area contributed by atoms with Gasteiger partial charge in [0.1, 0.15) is 11.3 Å². The van der Waals surface area contributed by atoms with Gasteiger partial charge in [-0.3, -0.25) is 4.79 Å². The van der Waals surface area contributed by atoms with Gasteiger partial charge in [-0.05, 0) is 49.9 Å². The lowest BCUT2D eigenvalue weighted by atomic mass is 10.0. The van der Waals surface area contributed by atoms with Crippen LogP contribution < -0.4 is 5.43 Å². The summed E-state index contributed by atoms with van der Waals surface area (Å²) in [6.07, 6.45) is 0.964. The molecule has 1 N–H and O–H groups in total. The van der Waals surface area contributed by atoms with Gasteiger partial charge in [0.05, 0.1) is 10.9 Å². The van der Waals surface area contributed by atoms with Gasteiger partial charge in [-0.15, -0.1) is 0 Å². The van der Waals surface area contributed by atoms with E-state index in [2.05, 4.69) is 31.2 Å². The number of fused-ring (bicyclic) bond motifs is 1. The van der Waals surface area contributed by atoms with Gasteiger partial charge in [0.15, 0.2) is 5.43 Å². The fraction of sp³-hybridized carbons (Fsp3) is 0.238. The molecule has 2 atom stereocenters. The zero-order chi connectivity index (χ0) is 17.7. The number of rotatable bonds is 3. The smallest absolute Gasteiger partial charge is 0.335 e. The zero-order valence-corrected chi connectivity index (χ0v) is 14.1. The molecule has 1 aromatic heterocycles. The molecule has 3 aromatic rings. The van der Waals surface area contributed by atoms with E-state index < -0.39 is 5.97 Å². The molecule has 0 bridgehead atoms. The average molecular weight is 334 g/mol. The van der Waals surface area contributed by atoms with Crippen LogP contribution in [0, 0.1) is 13.8 Å². The summed E-state index contributed by atoms with van der Waals surface area (Å²) in [5, 5.41) is 9.44. The zero-order valence-electron chi connectivity index (χ0n) is 14.1. The van der Waals surface area contributed by atoms with Crippen molar-refractivity contribution in [3.05, 3.63) is 80.7 Å². The van der Waals surface area contributed by atoms with Crippen molar-refractivity contribution in [1.82, 2.24) is 0 Å². The molecule has 2 aromatic carbocycles. The normalized spacial score (nSPS) is 19.1. The molecule has 1 aliphatic carbocycles. The lowest BCUT2D eigenvalue weighted by molar-refractivity contribution is 0.0697. The van der Waals surface area contributed by atoms with Crippen LogP contribution in [0.3, 0.4) is 0 Å². The molecular formula is C21H18O4. The van der Waals surface area contributed by atoms with Gasteiger partial charge >= 0.3 is 5.97 Å². The molecule has 4 rings (SSSR count). The van der Waals surface area contributed by atoms with Crippen LogP contribution in [-0.4, -0.2) is 11.1 Å². The Kier molecular flexibility index (Phi) is 3.49. The Morgan fingerprint density at radius 2 is 1.92 bits per heavy atom. The van der Waals surface area contributed by atoms with E-state index >= 15 is 0 Å². The molecule has 0 spiro atoms. The molecule has 1 fully saturated rings. The largest absolute Gasteiger partial charge is 0.478 e. The monoisotopic (exact) mass is 334 g/mol. The summed E-state index contributed by atoms with van der Waals surface area (Å²) in [6.45, 7) is 3.84. The summed E-state index contributed by atoms with van der Waals surface area (Å²) >= 11 is 0. The van der Waals surface area contributed by atoms with Crippen molar-refractivity contribution in [1.29, 1.82) is 0 Å². The van der Waals surface area contributed by atoms with Crippen molar-refractivity contribution in [2.45, 2.75) is 32.1 Å². The molecule has 25 heavy (non-hydrogen) atoms. The predicted molar refractivity (Wildman–Crippen MR) is 95.5 cm³/mol. The first-order valence-corrected chi connectivity index (χ1v) is 8.33. The molecule has 4 nitrogen and oxygen atoms in total. The summed E-state index contributed by atoms with van der Waals surface area (Å²) in [6, 6.07) is 12.9. The van der Waals surface area contributed by atoms with Crippen LogP contribution in [0.5, 0.6) is 0 Å². The number of carbonyl (C=O) groups is 1. The maximum absolute atomic E-state index is 12.7. The predicted octanol–water partition coefficient (Wildman–Crippen LogP) is 4.38. The van der Waals surface area contributed by atoms with E-state index in [1.165, 1.54) is 23.3 Å². The molecule has 0 radical (unpaired) electrons. The number of hydrogen-bond acceptors (Lipinski definition) is 3. The highest BCUT2D eigenvalue weighted by atomic mass is 16.4. The van der Waals surface area contributed by atoms with Crippen LogP contribution in [0.4, 0.5) is 0 Å². The first kappa shape index (κ1) is 15.6. The van der Waals surface area contributed by atoms with Gasteiger partial charge in [-0.1, -0.05) is 29.8 Å². The van der Waals surface area contributed by atoms with Gasteiger partial charge in [0.2, 0.25) is 0 Å². The topological polar surface area (TPSA) is 67.5 Å². The van der Waals surface area contributed by atoms with Crippen molar-refractivity contribution >= 4 is 16.9 Å². The second-order valence-corrected chi connectivity index (χ2v) is 6.80. The molecule has 126 valence electrons. The Morgan fingerprint density at radius 3 is 2.64 bits per heavy atom. The van der Waals surface area contributed by atoms with Gasteiger partial charge in [0.25, 0.3) is 0 Å². The molecule has 2 unspecified atom stereocenters. The fourth-order valence-corrected chi connectivity index (χ4v) is 3.55. The van der Waals surface area contributed by atoms with Crippen molar-refractivity contribution in [2.24, 2.45) is 0 Å². The standard InChI is InChI=1S/C21H18O4/c1-11-4-3-5-13(8-11)15-10-16(15)20-12(2)19(22)17-9-14(21(23)24)6-7-18(17)25-20/h3-9,15-16H,10H2,1-2H3,(H,23,24). The second-order valence-electron chi connectivity index (χ2n) is 6.80. The molecule has 1 saturated carbocycles. The third kappa shape index (κ3) is 2.64. The highest BCUT2D eigenvalue weighted by Crippen LogP contribution is 2.55. The first-order chi connectivity index (χ1) is 12.0. The van der Waals surface area contributed by atoms with E-state index in [1.54, 1.807) is 13.0 Å². The third-order valence-electron chi connectivity index (χ3n) is 5.00. The van der Waals surface area contributed by atoms with Crippen molar-refractivity contribution in [3.8, 4) is 0 Å². The van der Waals surface area contributed by atoms with Crippen LogP contribution in [0.1, 0.15) is 51.1 Å². The summed E-state index contributed by atoms with van der Waals surface area (Å²) in [7, 11) is 0. The average Bonchev–Trinajstić information content (AvgIpc) is 3.38. The molecule has 1 aliphatic rings. The van der Waals surface area contributed by atoms with Crippen LogP contribution in [0.15, 0.2) is 51.7 Å². The Hall–Kier alpha value is -2.88. The molecule has 0 saturated heterocycles. The maximum atomic E-state index is 12.7. The summed E-state index contributed by atoms with van der Waals surface area (Å²) < 4.78 is 6.02. The first-order valence-electron chi connectivity index (χ1n) is 8.33. The number of aryl methyl sites for hydroxylation is 1. The van der Waals surface area contributed by atoms with Crippen LogP contribution in [-0.2, 0) is 0 Å². The number of aromatic carboxylic acids is 1. The molecule has 0 aliphatic heterocycles. The maximum Gasteiger partial charge on any atom is 0.335 e. The van der Waals surface area contributed by atoms with Crippen molar-refractivity contribution < 1.29 is 14.3 Å². The van der Waals surface area contributed by atoms with Gasteiger partial charge in [-0.25, -0.2) is 4.79 Å². The van der Waals surface area contributed by atoms with E-state index in [0.717, 1.165) is 12.2 Å². The Labute approximate surface area is 144 Å². The van der Waals surface area contributed by atoms with Gasteiger partial charge in [-0.2, -0.15) is 0 Å². The Morgan fingerprint density at radius 1 is 1.12 bits per heavy atom. The summed E-state index contributed by atoms with van der Waals surface area (Å²) in [5.74, 6) is 0.257. The van der Waals surface area contributed by atoms with Crippen LogP contribution in [0.25, 0.3) is 11.0 Å². The van der Waals surface area contributed by atoms with Crippen molar-refractivity contribution in [3.63, 3.8) is 0 Å². The molecule has 0 amide bonds. The quantitative estimate of drug-likeness (QED) is 0.772. The fourth-order valence-electron chi connectivity index (χ4n) is 3.55. The van der Waals surface area contributed by atoms with Crippen LogP contribution >= 0.6 is 0 Å². The molecular weight excluding hydrogens is 316 g/mol. The Bertz CT molecular complexity index is 1060.